The van der Waals surface area contributed by atoms with Crippen LogP contribution in [0.15, 0.2) is 48.5 Å². The number of nitrogens with zero attached hydrogens (tertiary/aromatic N) is 2. The van der Waals surface area contributed by atoms with Gasteiger partial charge in [-0.1, -0.05) is 47.5 Å². The molecule has 7 heteroatoms. The standard InChI is InChI=1S/C20H19Cl2N3O2/c1-12(2)23-20(26)17-19(27-3)18(13-8-10-14(21)11-9-13)25(24-17)16-7-5-4-6-15(16)22/h4-12H,1-3H3,(H,23,26). The maximum atomic E-state index is 12.7. The van der Waals surface area contributed by atoms with Crippen molar-refractivity contribution in [2.24, 2.45) is 0 Å². The van der Waals surface area contributed by atoms with Crippen LogP contribution >= 0.6 is 23.2 Å². The second kappa shape index (κ2) is 8.03. The van der Waals surface area contributed by atoms with Gasteiger partial charge in [-0.05, 0) is 38.1 Å². The monoisotopic (exact) mass is 403 g/mol. The highest BCUT2D eigenvalue weighted by Gasteiger charge is 2.27. The van der Waals surface area contributed by atoms with Crippen LogP contribution in [0.4, 0.5) is 0 Å². The first-order chi connectivity index (χ1) is 12.9. The minimum Gasteiger partial charge on any atom is -0.492 e. The van der Waals surface area contributed by atoms with Gasteiger partial charge in [-0.25, -0.2) is 4.68 Å². The highest BCUT2D eigenvalue weighted by molar-refractivity contribution is 6.32. The van der Waals surface area contributed by atoms with E-state index < -0.39 is 0 Å². The molecular formula is C20H19Cl2N3O2. The minimum absolute atomic E-state index is 0.0355. The number of hydrogen-bond acceptors (Lipinski definition) is 3. The van der Waals surface area contributed by atoms with Gasteiger partial charge in [0.25, 0.3) is 5.91 Å². The van der Waals surface area contributed by atoms with Crippen molar-refractivity contribution >= 4 is 29.1 Å². The molecule has 27 heavy (non-hydrogen) atoms. The van der Waals surface area contributed by atoms with E-state index >= 15 is 0 Å². The van der Waals surface area contributed by atoms with Gasteiger partial charge in [0.05, 0.1) is 17.8 Å². The van der Waals surface area contributed by atoms with E-state index in [-0.39, 0.29) is 17.6 Å². The van der Waals surface area contributed by atoms with Crippen molar-refractivity contribution in [3.8, 4) is 22.7 Å². The zero-order valence-electron chi connectivity index (χ0n) is 15.2. The van der Waals surface area contributed by atoms with Crippen LogP contribution in [-0.4, -0.2) is 28.8 Å². The van der Waals surface area contributed by atoms with Gasteiger partial charge < -0.3 is 10.1 Å². The molecule has 0 bridgehead atoms. The summed E-state index contributed by atoms with van der Waals surface area (Å²) in [4.78, 5) is 12.7. The number of nitrogens with one attached hydrogen (secondary N) is 1. The normalized spacial score (nSPS) is 10.9. The summed E-state index contributed by atoms with van der Waals surface area (Å²) in [5, 5.41) is 8.50. The van der Waals surface area contributed by atoms with Crippen molar-refractivity contribution in [2.45, 2.75) is 19.9 Å². The van der Waals surface area contributed by atoms with E-state index in [1.807, 2.05) is 44.2 Å². The molecule has 2 aromatic carbocycles. The number of para-hydroxylation sites is 1. The number of rotatable bonds is 5. The lowest BCUT2D eigenvalue weighted by Gasteiger charge is -2.11. The molecule has 0 atom stereocenters. The third-order valence-corrected chi connectivity index (χ3v) is 4.45. The number of carbonyl (C=O) groups excluding carboxylic acids is 1. The van der Waals surface area contributed by atoms with Crippen LogP contribution in [-0.2, 0) is 0 Å². The van der Waals surface area contributed by atoms with Crippen molar-refractivity contribution in [2.75, 3.05) is 7.11 Å². The van der Waals surface area contributed by atoms with Crippen molar-refractivity contribution in [1.29, 1.82) is 0 Å². The van der Waals surface area contributed by atoms with Gasteiger partial charge in [-0.15, -0.1) is 0 Å². The van der Waals surface area contributed by atoms with Crippen LogP contribution < -0.4 is 10.1 Å². The van der Waals surface area contributed by atoms with E-state index in [2.05, 4.69) is 10.4 Å². The third kappa shape index (κ3) is 3.94. The van der Waals surface area contributed by atoms with Gasteiger partial charge in [0.2, 0.25) is 0 Å². The van der Waals surface area contributed by atoms with Crippen molar-refractivity contribution in [1.82, 2.24) is 15.1 Å². The summed E-state index contributed by atoms with van der Waals surface area (Å²) in [6.45, 7) is 3.77. The summed E-state index contributed by atoms with van der Waals surface area (Å²) in [6.07, 6.45) is 0. The first-order valence-electron chi connectivity index (χ1n) is 8.41. The van der Waals surface area contributed by atoms with Crippen LogP contribution in [0.1, 0.15) is 24.3 Å². The summed E-state index contributed by atoms with van der Waals surface area (Å²) >= 11 is 12.4. The molecule has 1 amide bonds. The number of hydrogen-bond donors (Lipinski definition) is 1. The minimum atomic E-state index is -0.317. The molecule has 0 saturated carbocycles. The fourth-order valence-corrected chi connectivity index (χ4v) is 3.08. The Labute approximate surface area is 167 Å². The molecule has 1 aromatic heterocycles. The average Bonchev–Trinajstić information content (AvgIpc) is 3.01. The van der Waals surface area contributed by atoms with Gasteiger partial charge in [0.1, 0.15) is 5.69 Å². The van der Waals surface area contributed by atoms with Crippen LogP contribution in [0.5, 0.6) is 5.75 Å². The quantitative estimate of drug-likeness (QED) is 0.652. The summed E-state index contributed by atoms with van der Waals surface area (Å²) in [5.74, 6) is 0.0539. The third-order valence-electron chi connectivity index (χ3n) is 3.88. The fourth-order valence-electron chi connectivity index (χ4n) is 2.74. The van der Waals surface area contributed by atoms with E-state index in [0.717, 1.165) is 5.56 Å². The number of amides is 1. The molecule has 1 heterocycles. The molecule has 0 aliphatic carbocycles. The van der Waals surface area contributed by atoms with E-state index in [1.54, 1.807) is 22.9 Å². The number of carbonyl (C=O) groups is 1. The Hall–Kier alpha value is -2.50. The Bertz CT molecular complexity index is 966. The van der Waals surface area contributed by atoms with Gasteiger partial charge in [-0.3, -0.25) is 4.79 Å². The Kier molecular flexibility index (Phi) is 5.73. The molecule has 5 nitrogen and oxygen atoms in total. The van der Waals surface area contributed by atoms with Crippen molar-refractivity contribution in [3.05, 3.63) is 64.3 Å². The molecule has 0 spiro atoms. The summed E-state index contributed by atoms with van der Waals surface area (Å²) in [5.41, 5.74) is 2.26. The Morgan fingerprint density at radius 1 is 1.11 bits per heavy atom. The van der Waals surface area contributed by atoms with Gasteiger partial charge in [0, 0.05) is 16.6 Å². The van der Waals surface area contributed by atoms with Gasteiger partial charge >= 0.3 is 0 Å². The van der Waals surface area contributed by atoms with Crippen LogP contribution in [0.25, 0.3) is 16.9 Å². The molecule has 0 radical (unpaired) electrons. The summed E-state index contributed by atoms with van der Waals surface area (Å²) in [7, 11) is 1.51. The molecule has 0 aliphatic heterocycles. The smallest absolute Gasteiger partial charge is 0.275 e. The second-order valence-electron chi connectivity index (χ2n) is 6.23. The van der Waals surface area contributed by atoms with E-state index in [1.165, 1.54) is 7.11 Å². The maximum Gasteiger partial charge on any atom is 0.275 e. The molecule has 0 unspecified atom stereocenters. The molecule has 0 aliphatic rings. The lowest BCUT2D eigenvalue weighted by Crippen LogP contribution is -2.30. The van der Waals surface area contributed by atoms with E-state index in [0.29, 0.717) is 27.2 Å². The summed E-state index contributed by atoms with van der Waals surface area (Å²) < 4.78 is 7.21. The maximum absolute atomic E-state index is 12.7. The highest BCUT2D eigenvalue weighted by atomic mass is 35.5. The Morgan fingerprint density at radius 3 is 2.37 bits per heavy atom. The van der Waals surface area contributed by atoms with E-state index in [9.17, 15) is 4.79 Å². The molecular weight excluding hydrogens is 385 g/mol. The highest BCUT2D eigenvalue weighted by Crippen LogP contribution is 2.37. The molecule has 3 aromatic rings. The number of methoxy groups -OCH3 is 1. The van der Waals surface area contributed by atoms with Crippen LogP contribution in [0.2, 0.25) is 10.0 Å². The predicted octanol–water partition coefficient (Wildman–Crippen LogP) is 4.99. The van der Waals surface area contributed by atoms with Crippen molar-refractivity contribution < 1.29 is 9.53 Å². The molecule has 0 saturated heterocycles. The molecule has 0 fully saturated rings. The molecule has 1 N–H and O–H groups in total. The second-order valence-corrected chi connectivity index (χ2v) is 7.07. The SMILES string of the molecule is COc1c(C(=O)NC(C)C)nn(-c2ccccc2Cl)c1-c1ccc(Cl)cc1. The van der Waals surface area contributed by atoms with Gasteiger partial charge in [-0.2, -0.15) is 5.10 Å². The van der Waals surface area contributed by atoms with E-state index in [4.69, 9.17) is 27.9 Å². The Morgan fingerprint density at radius 2 is 1.78 bits per heavy atom. The van der Waals surface area contributed by atoms with Crippen molar-refractivity contribution in [3.63, 3.8) is 0 Å². The Balaban J connectivity index is 2.27. The predicted molar refractivity (Wildman–Crippen MR) is 108 cm³/mol. The zero-order valence-corrected chi connectivity index (χ0v) is 16.7. The largest absolute Gasteiger partial charge is 0.492 e. The first kappa shape index (κ1) is 19.3. The lowest BCUT2D eigenvalue weighted by atomic mass is 10.1. The summed E-state index contributed by atoms with van der Waals surface area (Å²) in [6, 6.07) is 14.5. The lowest BCUT2D eigenvalue weighted by molar-refractivity contribution is 0.0934. The number of aromatic nitrogens is 2. The molecule has 140 valence electrons. The topological polar surface area (TPSA) is 56.1 Å². The number of ether oxygens (including phenoxy) is 1. The van der Waals surface area contributed by atoms with Gasteiger partial charge in [0.15, 0.2) is 11.4 Å². The first-order valence-corrected chi connectivity index (χ1v) is 9.16. The average molecular weight is 404 g/mol. The number of benzene rings is 2. The molecule has 3 rings (SSSR count). The number of halogens is 2. The zero-order chi connectivity index (χ0) is 19.6. The fraction of sp³-hybridized carbons (Fsp3) is 0.200. The van der Waals surface area contributed by atoms with Crippen LogP contribution in [0, 0.1) is 0 Å². The van der Waals surface area contributed by atoms with Crippen LogP contribution in [0.3, 0.4) is 0 Å².